The summed E-state index contributed by atoms with van der Waals surface area (Å²) < 4.78 is 18.5. The minimum atomic E-state index is -0.377. The smallest absolute Gasteiger partial charge is 0.0760 e. The van der Waals surface area contributed by atoms with E-state index in [1.807, 2.05) is 73.7 Å². The van der Waals surface area contributed by atoms with Crippen molar-refractivity contribution in [3.05, 3.63) is 132 Å². The van der Waals surface area contributed by atoms with Gasteiger partial charge in [0.2, 0.25) is 0 Å². The Kier molecular flexibility index (Phi) is 15.9. The van der Waals surface area contributed by atoms with Gasteiger partial charge in [0.05, 0.1) is 44.2 Å². The fraction of sp³-hybridized carbons (Fsp3) is 0.421. The van der Waals surface area contributed by atoms with Crippen molar-refractivity contribution in [3.8, 4) is 0 Å². The first-order valence-electron chi connectivity index (χ1n) is 15.5. The van der Waals surface area contributed by atoms with E-state index in [0.717, 1.165) is 36.8 Å². The van der Waals surface area contributed by atoms with E-state index in [0.29, 0.717) is 32.2 Å². The van der Waals surface area contributed by atoms with E-state index >= 15 is 0 Å². The predicted octanol–water partition coefficient (Wildman–Crippen LogP) is 8.84. The Morgan fingerprint density at radius 3 is 1.64 bits per heavy atom. The maximum Gasteiger partial charge on any atom is 0.0760 e. The van der Waals surface area contributed by atoms with Gasteiger partial charge in [-0.05, 0) is 61.6 Å². The fourth-order valence-electron chi connectivity index (χ4n) is 4.64. The number of hydrogen-bond donors (Lipinski definition) is 1. The highest BCUT2D eigenvalue weighted by molar-refractivity contribution is 5.15. The third-order valence-corrected chi connectivity index (χ3v) is 7.27. The van der Waals surface area contributed by atoms with Gasteiger partial charge < -0.3 is 19.3 Å². The van der Waals surface area contributed by atoms with Crippen molar-refractivity contribution in [1.82, 2.24) is 0 Å². The predicted molar refractivity (Wildman–Crippen MR) is 173 cm³/mol. The number of aliphatic hydroxyl groups excluding tert-OH is 1. The molecule has 0 aliphatic rings. The Morgan fingerprint density at radius 1 is 0.595 bits per heavy atom. The van der Waals surface area contributed by atoms with Crippen LogP contribution in [0, 0.1) is 5.92 Å². The number of rotatable bonds is 20. The molecule has 0 unspecified atom stereocenters. The van der Waals surface area contributed by atoms with E-state index in [-0.39, 0.29) is 24.4 Å². The third kappa shape index (κ3) is 14.2. The van der Waals surface area contributed by atoms with Crippen molar-refractivity contribution < 1.29 is 19.3 Å². The Bertz CT molecular complexity index is 1130. The Labute approximate surface area is 254 Å². The molecule has 3 aromatic carbocycles. The highest BCUT2D eigenvalue weighted by Crippen LogP contribution is 2.17. The molecule has 0 aliphatic heterocycles. The van der Waals surface area contributed by atoms with Crippen molar-refractivity contribution in [2.45, 2.75) is 97.1 Å². The topological polar surface area (TPSA) is 47.9 Å². The minimum absolute atomic E-state index is 0.00430. The zero-order chi connectivity index (χ0) is 29.8. The van der Waals surface area contributed by atoms with Crippen LogP contribution in [0.4, 0.5) is 0 Å². The van der Waals surface area contributed by atoms with Gasteiger partial charge in [0, 0.05) is 0 Å². The molecule has 0 aliphatic carbocycles. The van der Waals surface area contributed by atoms with Gasteiger partial charge in [-0.2, -0.15) is 0 Å². The monoisotopic (exact) mass is 570 g/mol. The van der Waals surface area contributed by atoms with Gasteiger partial charge in [-0.15, -0.1) is 0 Å². The Morgan fingerprint density at radius 2 is 1.10 bits per heavy atom. The summed E-state index contributed by atoms with van der Waals surface area (Å²) in [4.78, 5) is 0. The first kappa shape index (κ1) is 33.5. The molecule has 0 bridgehead atoms. The molecule has 0 saturated carbocycles. The summed E-state index contributed by atoms with van der Waals surface area (Å²) in [5, 5.41) is 10.6. The number of ether oxygens (including phenoxy) is 3. The van der Waals surface area contributed by atoms with Crippen LogP contribution in [0.5, 0.6) is 0 Å². The highest BCUT2D eigenvalue weighted by Gasteiger charge is 2.14. The average molecular weight is 571 g/mol. The molecule has 0 heterocycles. The number of benzene rings is 3. The molecule has 4 nitrogen and oxygen atoms in total. The van der Waals surface area contributed by atoms with Crippen molar-refractivity contribution in [3.63, 3.8) is 0 Å². The summed E-state index contributed by atoms with van der Waals surface area (Å²) in [6.07, 6.45) is 12.2. The fourth-order valence-corrected chi connectivity index (χ4v) is 4.64. The molecule has 4 atom stereocenters. The van der Waals surface area contributed by atoms with Crippen LogP contribution in [0.15, 0.2) is 115 Å². The number of aliphatic hydroxyl groups is 1. The molecule has 0 fully saturated rings. The largest absolute Gasteiger partial charge is 0.393 e. The first-order valence-corrected chi connectivity index (χ1v) is 15.5. The Balaban J connectivity index is 1.44. The summed E-state index contributed by atoms with van der Waals surface area (Å²) in [6, 6.07) is 30.8. The summed E-state index contributed by atoms with van der Waals surface area (Å²) in [6.45, 7) is 8.22. The maximum absolute atomic E-state index is 10.6. The second-order valence-corrected chi connectivity index (χ2v) is 11.3. The van der Waals surface area contributed by atoms with Crippen LogP contribution in [-0.4, -0.2) is 29.5 Å². The van der Waals surface area contributed by atoms with E-state index in [4.69, 9.17) is 14.2 Å². The SMILES string of the molecule is CC(C)[C@H](C/C=C\[C@@H](CCC[C@@H](O)C/C=C\[C@H](C)OCc1ccccc1)OCc1ccccc1)OCc1ccccc1. The van der Waals surface area contributed by atoms with Gasteiger partial charge in [-0.1, -0.05) is 129 Å². The summed E-state index contributed by atoms with van der Waals surface area (Å²) in [5.41, 5.74) is 3.52. The van der Waals surface area contributed by atoms with Crippen LogP contribution in [0.3, 0.4) is 0 Å². The molecule has 0 amide bonds. The van der Waals surface area contributed by atoms with Crippen molar-refractivity contribution in [1.29, 1.82) is 0 Å². The summed E-state index contributed by atoms with van der Waals surface area (Å²) in [5.74, 6) is 0.414. The van der Waals surface area contributed by atoms with Gasteiger partial charge in [0.25, 0.3) is 0 Å². The average Bonchev–Trinajstić information content (AvgIpc) is 3.01. The summed E-state index contributed by atoms with van der Waals surface area (Å²) >= 11 is 0. The molecular weight excluding hydrogens is 520 g/mol. The molecule has 0 radical (unpaired) electrons. The molecule has 226 valence electrons. The van der Waals surface area contributed by atoms with Crippen molar-refractivity contribution >= 4 is 0 Å². The number of hydrogen-bond acceptors (Lipinski definition) is 4. The molecular formula is C38H50O4. The lowest BCUT2D eigenvalue weighted by Gasteiger charge is -2.21. The lowest BCUT2D eigenvalue weighted by Crippen LogP contribution is -2.19. The van der Waals surface area contributed by atoms with E-state index in [1.165, 1.54) is 5.56 Å². The quantitative estimate of drug-likeness (QED) is 0.138. The summed E-state index contributed by atoms with van der Waals surface area (Å²) in [7, 11) is 0. The molecule has 0 aromatic heterocycles. The van der Waals surface area contributed by atoms with Crippen LogP contribution in [-0.2, 0) is 34.0 Å². The molecule has 0 saturated heterocycles. The zero-order valence-corrected chi connectivity index (χ0v) is 25.7. The van der Waals surface area contributed by atoms with E-state index in [1.54, 1.807) is 0 Å². The van der Waals surface area contributed by atoms with Gasteiger partial charge in [-0.25, -0.2) is 0 Å². The van der Waals surface area contributed by atoms with E-state index in [2.05, 4.69) is 62.4 Å². The molecule has 3 rings (SSSR count). The van der Waals surface area contributed by atoms with Gasteiger partial charge in [-0.3, -0.25) is 0 Å². The molecule has 42 heavy (non-hydrogen) atoms. The van der Waals surface area contributed by atoms with E-state index in [9.17, 15) is 5.11 Å². The van der Waals surface area contributed by atoms with Gasteiger partial charge in [0.15, 0.2) is 0 Å². The lowest BCUT2D eigenvalue weighted by molar-refractivity contribution is 0.0123. The minimum Gasteiger partial charge on any atom is -0.393 e. The highest BCUT2D eigenvalue weighted by atomic mass is 16.5. The third-order valence-electron chi connectivity index (χ3n) is 7.27. The van der Waals surface area contributed by atoms with Gasteiger partial charge >= 0.3 is 0 Å². The molecule has 1 N–H and O–H groups in total. The maximum atomic E-state index is 10.6. The molecule has 0 spiro atoms. The normalized spacial score (nSPS) is 14.9. The first-order chi connectivity index (χ1) is 20.5. The molecule has 3 aromatic rings. The van der Waals surface area contributed by atoms with E-state index < -0.39 is 0 Å². The van der Waals surface area contributed by atoms with Crippen LogP contribution >= 0.6 is 0 Å². The van der Waals surface area contributed by atoms with Crippen molar-refractivity contribution in [2.75, 3.05) is 0 Å². The van der Waals surface area contributed by atoms with Crippen molar-refractivity contribution in [2.24, 2.45) is 5.92 Å². The van der Waals surface area contributed by atoms with Crippen LogP contribution in [0.1, 0.15) is 69.6 Å². The Hall–Kier alpha value is -3.02. The second-order valence-electron chi connectivity index (χ2n) is 11.3. The van der Waals surface area contributed by atoms with Gasteiger partial charge in [0.1, 0.15) is 0 Å². The van der Waals surface area contributed by atoms with Crippen LogP contribution < -0.4 is 0 Å². The standard InChI is InChI=1S/C38H50O4/c1-31(2)38(42-30-35-21-11-6-12-22-35)27-15-26-37(41-29-34-19-9-5-10-20-34)25-14-24-36(39)23-13-16-32(3)40-28-33-17-7-4-8-18-33/h4-13,15-22,26,31-32,36-39H,14,23-25,27-30H2,1-3H3/b16-13-,26-15-/t32-,36-,37+,38-/m0/s1. The second kappa shape index (κ2) is 20.0. The lowest BCUT2D eigenvalue weighted by atomic mass is 10.0. The zero-order valence-electron chi connectivity index (χ0n) is 25.7. The molecule has 4 heteroatoms. The van der Waals surface area contributed by atoms with Crippen LogP contribution in [0.25, 0.3) is 0 Å². The van der Waals surface area contributed by atoms with Crippen LogP contribution in [0.2, 0.25) is 0 Å².